The van der Waals surface area contributed by atoms with Gasteiger partial charge in [0.1, 0.15) is 12.4 Å². The molecule has 1 aliphatic heterocycles. The maximum absolute atomic E-state index is 11.8. The van der Waals surface area contributed by atoms with Crippen molar-refractivity contribution in [2.45, 2.75) is 19.3 Å². The van der Waals surface area contributed by atoms with E-state index in [0.717, 1.165) is 62.6 Å². The minimum atomic E-state index is 0.270. The third kappa shape index (κ3) is 3.19. The van der Waals surface area contributed by atoms with E-state index in [1.165, 1.54) is 0 Å². The zero-order valence-corrected chi connectivity index (χ0v) is 11.8. The van der Waals surface area contributed by atoms with E-state index in [2.05, 4.69) is 4.90 Å². The van der Waals surface area contributed by atoms with Crippen LogP contribution in [0.1, 0.15) is 28.8 Å². The van der Waals surface area contributed by atoms with Crippen LogP contribution in [0, 0.1) is 0 Å². The zero-order chi connectivity index (χ0) is 13.8. The molecule has 0 unspecified atom stereocenters. The van der Waals surface area contributed by atoms with E-state index in [0.29, 0.717) is 13.0 Å². The molecule has 0 radical (unpaired) electrons. The van der Waals surface area contributed by atoms with Gasteiger partial charge in [-0.2, -0.15) is 0 Å². The van der Waals surface area contributed by atoms with E-state index in [9.17, 15) is 4.79 Å². The molecule has 1 aromatic rings. The molecule has 0 N–H and O–H groups in total. The Morgan fingerprint density at radius 1 is 1.20 bits per heavy atom. The fourth-order valence-corrected chi connectivity index (χ4v) is 2.83. The van der Waals surface area contributed by atoms with Gasteiger partial charge >= 0.3 is 0 Å². The molecule has 0 amide bonds. The van der Waals surface area contributed by atoms with Crippen LogP contribution in [0.15, 0.2) is 18.2 Å². The summed E-state index contributed by atoms with van der Waals surface area (Å²) in [5.74, 6) is 1.15. The predicted octanol–water partition coefficient (Wildman–Crippen LogP) is 1.92. The quantitative estimate of drug-likeness (QED) is 0.841. The Hall–Kier alpha value is -1.39. The average Bonchev–Trinajstić information content (AvgIpc) is 2.48. The van der Waals surface area contributed by atoms with Gasteiger partial charge in [0.25, 0.3) is 0 Å². The van der Waals surface area contributed by atoms with Crippen LogP contribution in [0.25, 0.3) is 0 Å². The summed E-state index contributed by atoms with van der Waals surface area (Å²) >= 11 is 0. The predicted molar refractivity (Wildman–Crippen MR) is 76.5 cm³/mol. The third-order valence-electron chi connectivity index (χ3n) is 4.01. The van der Waals surface area contributed by atoms with Crippen molar-refractivity contribution in [3.63, 3.8) is 0 Å². The van der Waals surface area contributed by atoms with Gasteiger partial charge in [0.15, 0.2) is 5.78 Å². The van der Waals surface area contributed by atoms with Crippen molar-refractivity contribution in [2.24, 2.45) is 0 Å². The number of hydrogen-bond donors (Lipinski definition) is 0. The number of ether oxygens (including phenoxy) is 2. The summed E-state index contributed by atoms with van der Waals surface area (Å²) in [7, 11) is 0. The number of morpholine rings is 1. The molecule has 108 valence electrons. The minimum absolute atomic E-state index is 0.270. The van der Waals surface area contributed by atoms with Crippen molar-refractivity contribution in [3.8, 4) is 5.75 Å². The molecule has 0 saturated carbocycles. The molecule has 0 spiro atoms. The normalized spacial score (nSPS) is 19.7. The second kappa shape index (κ2) is 6.37. The van der Waals surface area contributed by atoms with Crippen LogP contribution < -0.4 is 4.74 Å². The molecule has 1 aliphatic carbocycles. The summed E-state index contributed by atoms with van der Waals surface area (Å²) in [4.78, 5) is 14.1. The van der Waals surface area contributed by atoms with E-state index < -0.39 is 0 Å². The van der Waals surface area contributed by atoms with Crippen molar-refractivity contribution in [1.29, 1.82) is 0 Å². The molecule has 1 aromatic carbocycles. The van der Waals surface area contributed by atoms with E-state index in [1.807, 2.05) is 18.2 Å². The lowest BCUT2D eigenvalue weighted by Crippen LogP contribution is -2.38. The number of nitrogens with zero attached hydrogens (tertiary/aromatic N) is 1. The number of carbonyl (C=O) groups is 1. The molecule has 20 heavy (non-hydrogen) atoms. The number of carbonyl (C=O) groups excluding carboxylic acids is 1. The molecule has 1 fully saturated rings. The summed E-state index contributed by atoms with van der Waals surface area (Å²) in [5, 5.41) is 0. The van der Waals surface area contributed by atoms with Gasteiger partial charge in [-0.3, -0.25) is 9.69 Å². The fourth-order valence-electron chi connectivity index (χ4n) is 2.83. The Morgan fingerprint density at radius 2 is 2.05 bits per heavy atom. The molecular weight excluding hydrogens is 254 g/mol. The van der Waals surface area contributed by atoms with Crippen LogP contribution in [0.4, 0.5) is 0 Å². The molecule has 1 heterocycles. The van der Waals surface area contributed by atoms with Crippen LogP contribution in [0.3, 0.4) is 0 Å². The number of hydrogen-bond acceptors (Lipinski definition) is 4. The van der Waals surface area contributed by atoms with Gasteiger partial charge in [0, 0.05) is 31.6 Å². The first-order chi connectivity index (χ1) is 9.83. The van der Waals surface area contributed by atoms with Gasteiger partial charge in [-0.25, -0.2) is 0 Å². The molecule has 3 rings (SSSR count). The summed E-state index contributed by atoms with van der Waals surface area (Å²) in [6, 6.07) is 5.87. The average molecular weight is 275 g/mol. The summed E-state index contributed by atoms with van der Waals surface area (Å²) in [5.41, 5.74) is 2.03. The first-order valence-corrected chi connectivity index (χ1v) is 7.42. The standard InChI is InChI=1S/C16H21NO3/c18-16-3-1-2-13-12-14(4-5-15(13)16)20-11-8-17-6-9-19-10-7-17/h4-5,12H,1-3,6-11H2. The first kappa shape index (κ1) is 13.6. The maximum atomic E-state index is 11.8. The van der Waals surface area contributed by atoms with Crippen LogP contribution in [-0.4, -0.2) is 50.1 Å². The smallest absolute Gasteiger partial charge is 0.163 e. The molecule has 1 saturated heterocycles. The molecule has 2 aliphatic rings. The van der Waals surface area contributed by atoms with Gasteiger partial charge in [-0.1, -0.05) is 0 Å². The third-order valence-corrected chi connectivity index (χ3v) is 4.01. The lowest BCUT2D eigenvalue weighted by Gasteiger charge is -2.26. The topological polar surface area (TPSA) is 38.8 Å². The summed E-state index contributed by atoms with van der Waals surface area (Å²) in [6.45, 7) is 5.23. The van der Waals surface area contributed by atoms with Crippen LogP contribution in [0.2, 0.25) is 0 Å². The highest BCUT2D eigenvalue weighted by Crippen LogP contribution is 2.25. The van der Waals surface area contributed by atoms with Crippen molar-refractivity contribution in [1.82, 2.24) is 4.90 Å². The lowest BCUT2D eigenvalue weighted by molar-refractivity contribution is 0.0322. The second-order valence-electron chi connectivity index (χ2n) is 5.40. The largest absolute Gasteiger partial charge is 0.492 e. The highest BCUT2D eigenvalue weighted by Gasteiger charge is 2.17. The molecule has 0 bridgehead atoms. The summed E-state index contributed by atoms with van der Waals surface area (Å²) < 4.78 is 11.1. The van der Waals surface area contributed by atoms with Gasteiger partial charge in [-0.05, 0) is 36.6 Å². The van der Waals surface area contributed by atoms with E-state index in [4.69, 9.17) is 9.47 Å². The van der Waals surface area contributed by atoms with Crippen LogP contribution in [0.5, 0.6) is 5.75 Å². The van der Waals surface area contributed by atoms with Gasteiger partial charge in [0.05, 0.1) is 13.2 Å². The Labute approximate surface area is 119 Å². The van der Waals surface area contributed by atoms with Crippen molar-refractivity contribution in [3.05, 3.63) is 29.3 Å². The van der Waals surface area contributed by atoms with E-state index in [-0.39, 0.29) is 5.78 Å². The molecule has 4 nitrogen and oxygen atoms in total. The van der Waals surface area contributed by atoms with Gasteiger partial charge < -0.3 is 9.47 Å². The zero-order valence-electron chi connectivity index (χ0n) is 11.8. The van der Waals surface area contributed by atoms with Gasteiger partial charge in [0.2, 0.25) is 0 Å². The first-order valence-electron chi connectivity index (χ1n) is 7.42. The SMILES string of the molecule is O=C1CCCc2cc(OCCN3CCOCC3)ccc21. The summed E-state index contributed by atoms with van der Waals surface area (Å²) in [6.07, 6.45) is 2.63. The Bertz CT molecular complexity index is 481. The molecule has 4 heteroatoms. The van der Waals surface area contributed by atoms with E-state index in [1.54, 1.807) is 0 Å². The van der Waals surface area contributed by atoms with E-state index >= 15 is 0 Å². The highest BCUT2D eigenvalue weighted by molar-refractivity contribution is 5.98. The fraction of sp³-hybridized carbons (Fsp3) is 0.562. The Balaban J connectivity index is 1.54. The Morgan fingerprint density at radius 3 is 2.90 bits per heavy atom. The highest BCUT2D eigenvalue weighted by atomic mass is 16.5. The minimum Gasteiger partial charge on any atom is -0.492 e. The van der Waals surface area contributed by atoms with Crippen molar-refractivity contribution in [2.75, 3.05) is 39.5 Å². The van der Waals surface area contributed by atoms with Crippen molar-refractivity contribution < 1.29 is 14.3 Å². The molecule has 0 aromatic heterocycles. The number of rotatable bonds is 4. The van der Waals surface area contributed by atoms with Crippen LogP contribution in [-0.2, 0) is 11.2 Å². The van der Waals surface area contributed by atoms with Gasteiger partial charge in [-0.15, -0.1) is 0 Å². The maximum Gasteiger partial charge on any atom is 0.163 e. The Kier molecular flexibility index (Phi) is 4.33. The second-order valence-corrected chi connectivity index (χ2v) is 5.40. The van der Waals surface area contributed by atoms with Crippen LogP contribution >= 0.6 is 0 Å². The molecule has 0 atom stereocenters. The number of Topliss-reactive ketones (excluding diaryl/α,β-unsaturated/α-hetero) is 1. The molecular formula is C16H21NO3. The number of fused-ring (bicyclic) bond motifs is 1. The number of ketones is 1. The van der Waals surface area contributed by atoms with Crippen molar-refractivity contribution >= 4 is 5.78 Å². The number of benzene rings is 1. The monoisotopic (exact) mass is 275 g/mol. The lowest BCUT2D eigenvalue weighted by atomic mass is 9.91. The number of aryl methyl sites for hydroxylation is 1.